The first-order chi connectivity index (χ1) is 51.2. The molecule has 0 bridgehead atoms. The van der Waals surface area contributed by atoms with E-state index in [1.807, 2.05) is 0 Å². The molecule has 5 atom stereocenters. The van der Waals surface area contributed by atoms with Gasteiger partial charge < -0.3 is 33.8 Å². The summed E-state index contributed by atoms with van der Waals surface area (Å²) in [7, 11) is -9.94. The molecule has 19 heteroatoms. The lowest BCUT2D eigenvalue weighted by atomic mass is 10.0. The third-order valence-electron chi connectivity index (χ3n) is 19.7. The third-order valence-corrected chi connectivity index (χ3v) is 21.6. The molecule has 0 saturated carbocycles. The fraction of sp³-hybridized carbons (Fsp3) is 0.907. The van der Waals surface area contributed by atoms with E-state index < -0.39 is 97.5 Å². The Morgan fingerprint density at radius 2 is 0.457 bits per heavy atom. The van der Waals surface area contributed by atoms with Gasteiger partial charge in [-0.1, -0.05) is 392 Å². The van der Waals surface area contributed by atoms with Crippen molar-refractivity contribution in [2.45, 2.75) is 463 Å². The van der Waals surface area contributed by atoms with Gasteiger partial charge in [-0.3, -0.25) is 37.3 Å². The van der Waals surface area contributed by atoms with Gasteiger partial charge in [-0.25, -0.2) is 9.13 Å². The van der Waals surface area contributed by atoms with Crippen molar-refractivity contribution in [3.05, 3.63) is 24.3 Å². The van der Waals surface area contributed by atoms with E-state index in [0.717, 1.165) is 109 Å². The van der Waals surface area contributed by atoms with Gasteiger partial charge in [-0.15, -0.1) is 0 Å². The number of allylic oxidation sites excluding steroid dienone is 4. The van der Waals surface area contributed by atoms with E-state index in [-0.39, 0.29) is 25.7 Å². The smallest absolute Gasteiger partial charge is 0.462 e. The van der Waals surface area contributed by atoms with E-state index in [1.165, 1.54) is 257 Å². The summed E-state index contributed by atoms with van der Waals surface area (Å²) >= 11 is 0. The molecule has 0 fully saturated rings. The number of aliphatic hydroxyl groups is 1. The average molecular weight is 1530 g/mol. The van der Waals surface area contributed by atoms with Gasteiger partial charge in [0.1, 0.15) is 19.3 Å². The summed E-state index contributed by atoms with van der Waals surface area (Å²) in [4.78, 5) is 73.2. The fourth-order valence-corrected chi connectivity index (χ4v) is 14.6. The van der Waals surface area contributed by atoms with Crippen LogP contribution in [0.3, 0.4) is 0 Å². The van der Waals surface area contributed by atoms with Gasteiger partial charge in [0.05, 0.1) is 26.4 Å². The number of unbranched alkanes of at least 4 members (excludes halogenated alkanes) is 56. The maximum atomic E-state index is 13.1. The van der Waals surface area contributed by atoms with Crippen molar-refractivity contribution < 1.29 is 80.2 Å². The van der Waals surface area contributed by atoms with Gasteiger partial charge in [0.2, 0.25) is 0 Å². The highest BCUT2D eigenvalue weighted by Crippen LogP contribution is 2.45. The van der Waals surface area contributed by atoms with Crippen LogP contribution in [0.15, 0.2) is 24.3 Å². The first-order valence-corrected chi connectivity index (χ1v) is 47.1. The second-order valence-electron chi connectivity index (χ2n) is 30.2. The van der Waals surface area contributed by atoms with Crippen molar-refractivity contribution in [1.29, 1.82) is 0 Å². The van der Waals surface area contributed by atoms with Crippen molar-refractivity contribution in [1.82, 2.24) is 0 Å². The van der Waals surface area contributed by atoms with Crippen LogP contribution in [0.1, 0.15) is 445 Å². The van der Waals surface area contributed by atoms with Crippen LogP contribution in [0.2, 0.25) is 0 Å². The fourth-order valence-electron chi connectivity index (χ4n) is 13.0. The lowest BCUT2D eigenvalue weighted by molar-refractivity contribution is -0.161. The summed E-state index contributed by atoms with van der Waals surface area (Å²) in [6, 6.07) is 0. The standard InChI is InChI=1S/C86H164O17P2/c1-5-9-13-17-21-25-29-33-36-37-38-39-40-41-42-45-49-53-57-61-65-69-73-86(91)103-82(77-97-84(89)71-67-63-59-55-51-47-43-34-30-26-22-18-14-10-6-2)79-101-105(94,95)99-75-80(87)74-98-104(92,93)100-78-81(76-96-83(88)70-66-62-58-54-50-46-32-28-24-20-16-12-8-4)102-85(90)72-68-64-60-56-52-48-44-35-31-27-23-19-15-11-7-3/h26,30,34,43,80-82,87H,5-25,27-29,31-33,35-42,44-79H2,1-4H3,(H,92,93)(H,94,95)/b30-26-,43-34-/t80-,81+,82+/m0/s1. The maximum Gasteiger partial charge on any atom is 0.472 e. The molecule has 0 spiro atoms. The molecule has 105 heavy (non-hydrogen) atoms. The highest BCUT2D eigenvalue weighted by Gasteiger charge is 2.30. The molecule has 0 aliphatic carbocycles. The summed E-state index contributed by atoms with van der Waals surface area (Å²) in [6.45, 7) is 4.99. The number of rotatable bonds is 85. The lowest BCUT2D eigenvalue weighted by Crippen LogP contribution is -2.30. The van der Waals surface area contributed by atoms with Gasteiger partial charge in [-0.05, 0) is 51.4 Å². The highest BCUT2D eigenvalue weighted by atomic mass is 31.2. The van der Waals surface area contributed by atoms with E-state index in [9.17, 15) is 43.2 Å². The Morgan fingerprint density at radius 1 is 0.267 bits per heavy atom. The minimum Gasteiger partial charge on any atom is -0.462 e. The van der Waals surface area contributed by atoms with Crippen molar-refractivity contribution in [2.75, 3.05) is 39.6 Å². The van der Waals surface area contributed by atoms with Crippen LogP contribution >= 0.6 is 15.6 Å². The van der Waals surface area contributed by atoms with Gasteiger partial charge in [0, 0.05) is 25.7 Å². The molecule has 3 N–H and O–H groups in total. The predicted molar refractivity (Wildman–Crippen MR) is 432 cm³/mol. The molecule has 0 saturated heterocycles. The van der Waals surface area contributed by atoms with E-state index in [2.05, 4.69) is 52.0 Å². The summed E-state index contributed by atoms with van der Waals surface area (Å²) in [5.74, 6) is -2.13. The first kappa shape index (κ1) is 103. The van der Waals surface area contributed by atoms with Crippen LogP contribution in [-0.2, 0) is 65.4 Å². The Morgan fingerprint density at radius 3 is 0.695 bits per heavy atom. The van der Waals surface area contributed by atoms with Crippen LogP contribution in [-0.4, -0.2) is 96.7 Å². The van der Waals surface area contributed by atoms with Gasteiger partial charge in [0.25, 0.3) is 0 Å². The zero-order valence-corrected chi connectivity index (χ0v) is 70.0. The summed E-state index contributed by atoms with van der Waals surface area (Å²) in [5, 5.41) is 10.7. The van der Waals surface area contributed by atoms with Crippen molar-refractivity contribution >= 4 is 39.5 Å². The molecule has 620 valence electrons. The molecule has 17 nitrogen and oxygen atoms in total. The Balaban J connectivity index is 5.26. The quantitative estimate of drug-likeness (QED) is 0.0169. The second-order valence-corrected chi connectivity index (χ2v) is 33.1. The molecular formula is C86H164O17P2. The summed E-state index contributed by atoms with van der Waals surface area (Å²) < 4.78 is 68.9. The molecule has 0 radical (unpaired) electrons. The Bertz CT molecular complexity index is 2080. The average Bonchev–Trinajstić information content (AvgIpc) is 1.02. The first-order valence-electron chi connectivity index (χ1n) is 44.1. The number of hydrogen-bond acceptors (Lipinski definition) is 15. The Labute approximate surface area is 643 Å². The lowest BCUT2D eigenvalue weighted by Gasteiger charge is -2.21. The van der Waals surface area contributed by atoms with Crippen LogP contribution in [0.5, 0.6) is 0 Å². The van der Waals surface area contributed by atoms with E-state index in [1.54, 1.807) is 0 Å². The normalized spacial score (nSPS) is 13.9. The molecule has 0 rings (SSSR count). The number of phosphoric acid groups is 2. The van der Waals surface area contributed by atoms with Crippen LogP contribution < -0.4 is 0 Å². The number of phosphoric ester groups is 2. The number of hydrogen-bond donors (Lipinski definition) is 3. The zero-order valence-electron chi connectivity index (χ0n) is 68.2. The number of carbonyl (C=O) groups excluding carboxylic acids is 4. The van der Waals surface area contributed by atoms with E-state index in [4.69, 9.17) is 37.0 Å². The van der Waals surface area contributed by atoms with E-state index >= 15 is 0 Å². The number of carbonyl (C=O) groups is 4. The molecular weight excluding hydrogens is 1370 g/mol. The van der Waals surface area contributed by atoms with Crippen molar-refractivity contribution in [3.63, 3.8) is 0 Å². The van der Waals surface area contributed by atoms with Gasteiger partial charge in [0.15, 0.2) is 12.2 Å². The summed E-state index contributed by atoms with van der Waals surface area (Å²) in [5.41, 5.74) is 0. The second kappa shape index (κ2) is 79.6. The van der Waals surface area contributed by atoms with Crippen LogP contribution in [0.25, 0.3) is 0 Å². The molecule has 0 amide bonds. The largest absolute Gasteiger partial charge is 0.472 e. The Hall–Kier alpha value is -2.46. The molecule has 0 heterocycles. The number of esters is 4. The number of ether oxygens (including phenoxy) is 4. The SMILES string of the molecule is CCCCCC/C=C\C=C/CCCCCCCC(=O)OC[C@H](COP(=O)(O)OC[C@@H](O)COP(=O)(O)OC[C@@H](COC(=O)CCCCCCCCCCCCCCC)OC(=O)CCCCCCCCCCCCCCCCC)OC(=O)CCCCCCCCCCCCCCCCCCCCCCCC. The third kappa shape index (κ3) is 79.4. The molecule has 0 aliphatic heterocycles. The van der Waals surface area contributed by atoms with E-state index in [0.29, 0.717) is 25.7 Å². The minimum atomic E-state index is -4.97. The Kier molecular flexibility index (Phi) is 77.8. The number of aliphatic hydroxyl groups excluding tert-OH is 1. The maximum absolute atomic E-state index is 13.1. The molecule has 0 aromatic carbocycles. The van der Waals surface area contributed by atoms with Gasteiger partial charge >= 0.3 is 39.5 Å². The zero-order chi connectivity index (χ0) is 76.7. The summed E-state index contributed by atoms with van der Waals surface area (Å²) in [6.07, 6.45) is 77.1. The molecule has 0 aliphatic rings. The highest BCUT2D eigenvalue weighted by molar-refractivity contribution is 7.47. The molecule has 0 aromatic rings. The van der Waals surface area contributed by atoms with Crippen molar-refractivity contribution in [2.24, 2.45) is 0 Å². The molecule has 2 unspecified atom stereocenters. The predicted octanol–water partition coefficient (Wildman–Crippen LogP) is 26.1. The molecule has 0 aromatic heterocycles. The van der Waals surface area contributed by atoms with Gasteiger partial charge in [-0.2, -0.15) is 0 Å². The monoisotopic (exact) mass is 1530 g/mol. The minimum absolute atomic E-state index is 0.103. The van der Waals surface area contributed by atoms with Crippen LogP contribution in [0.4, 0.5) is 0 Å². The van der Waals surface area contributed by atoms with Crippen LogP contribution in [0, 0.1) is 0 Å². The van der Waals surface area contributed by atoms with Crippen molar-refractivity contribution in [3.8, 4) is 0 Å². The topological polar surface area (TPSA) is 237 Å².